The van der Waals surface area contributed by atoms with Gasteiger partial charge < -0.3 is 9.64 Å². The van der Waals surface area contributed by atoms with Crippen LogP contribution in [0.5, 0.6) is 0 Å². The lowest BCUT2D eigenvalue weighted by molar-refractivity contribution is 0.0271. The zero-order chi connectivity index (χ0) is 14.1. The van der Waals surface area contributed by atoms with Gasteiger partial charge in [-0.1, -0.05) is 0 Å². The number of fused-ring (bicyclic) bond motifs is 1. The van der Waals surface area contributed by atoms with E-state index < -0.39 is 0 Å². The third-order valence-electron chi connectivity index (χ3n) is 4.24. The fourth-order valence-electron chi connectivity index (χ4n) is 3.25. The summed E-state index contributed by atoms with van der Waals surface area (Å²) < 4.78 is 7.81. The van der Waals surface area contributed by atoms with Gasteiger partial charge in [0.25, 0.3) is 0 Å². The van der Waals surface area contributed by atoms with Crippen molar-refractivity contribution >= 4 is 5.82 Å². The molecular weight excluding hydrogens is 266 g/mol. The molecule has 1 aliphatic carbocycles. The van der Waals surface area contributed by atoms with Gasteiger partial charge in [0, 0.05) is 36.7 Å². The van der Waals surface area contributed by atoms with Crippen LogP contribution in [-0.4, -0.2) is 45.5 Å². The molecule has 0 bridgehead atoms. The van der Waals surface area contributed by atoms with E-state index in [2.05, 4.69) is 20.0 Å². The van der Waals surface area contributed by atoms with Gasteiger partial charge in [0.2, 0.25) is 0 Å². The fraction of sp³-hybridized carbons (Fsp3) is 0.533. The molecule has 1 saturated heterocycles. The van der Waals surface area contributed by atoms with Crippen LogP contribution >= 0.6 is 0 Å². The summed E-state index contributed by atoms with van der Waals surface area (Å²) in [6.45, 7) is 3.30. The number of hydrogen-bond acceptors (Lipinski definition) is 5. The van der Waals surface area contributed by atoms with Gasteiger partial charge >= 0.3 is 0 Å². The van der Waals surface area contributed by atoms with E-state index in [9.17, 15) is 0 Å². The highest BCUT2D eigenvalue weighted by Crippen LogP contribution is 2.28. The quantitative estimate of drug-likeness (QED) is 0.844. The van der Waals surface area contributed by atoms with E-state index in [0.717, 1.165) is 44.9 Å². The van der Waals surface area contributed by atoms with Crippen LogP contribution in [0.15, 0.2) is 24.8 Å². The van der Waals surface area contributed by atoms with Gasteiger partial charge in [0.15, 0.2) is 0 Å². The minimum absolute atomic E-state index is 0.158. The first-order valence-electron chi connectivity index (χ1n) is 7.57. The minimum Gasteiger partial charge on any atom is -0.373 e. The highest BCUT2D eigenvalue weighted by atomic mass is 16.5. The molecule has 0 unspecified atom stereocenters. The van der Waals surface area contributed by atoms with Crippen molar-refractivity contribution in [3.05, 3.63) is 36.0 Å². The van der Waals surface area contributed by atoms with Gasteiger partial charge in [-0.05, 0) is 25.3 Å². The number of morpholine rings is 1. The zero-order valence-electron chi connectivity index (χ0n) is 12.0. The maximum absolute atomic E-state index is 5.88. The van der Waals surface area contributed by atoms with E-state index in [1.165, 1.54) is 17.7 Å². The molecule has 0 saturated carbocycles. The molecular formula is C15H19N5O. The Hall–Kier alpha value is -1.95. The standard InChI is InChI=1S/C15H19N5O/c1-3-13-14(4-1)16-11-17-15(13)19-7-8-21-12(9-19)10-20-6-2-5-18-20/h2,5-6,11-12H,1,3-4,7-10H2/t12-/m1/s1. The van der Waals surface area contributed by atoms with E-state index in [1.54, 1.807) is 12.5 Å². The molecule has 2 aliphatic rings. The number of rotatable bonds is 3. The molecule has 0 radical (unpaired) electrons. The third-order valence-corrected chi connectivity index (χ3v) is 4.24. The zero-order valence-corrected chi connectivity index (χ0v) is 12.0. The SMILES string of the molecule is c1cnn(C[C@H]2CN(c3ncnc4c3CCC4)CCO2)c1. The highest BCUT2D eigenvalue weighted by molar-refractivity contribution is 5.50. The first-order valence-corrected chi connectivity index (χ1v) is 7.57. The van der Waals surface area contributed by atoms with Gasteiger partial charge in [-0.15, -0.1) is 0 Å². The molecule has 1 aliphatic heterocycles. The first-order chi connectivity index (χ1) is 10.4. The summed E-state index contributed by atoms with van der Waals surface area (Å²) >= 11 is 0. The Morgan fingerprint density at radius 2 is 2.29 bits per heavy atom. The van der Waals surface area contributed by atoms with Crippen LogP contribution in [0.1, 0.15) is 17.7 Å². The lowest BCUT2D eigenvalue weighted by Gasteiger charge is -2.34. The number of nitrogens with zero attached hydrogens (tertiary/aromatic N) is 5. The molecule has 110 valence electrons. The Bertz CT molecular complexity index is 613. The van der Waals surface area contributed by atoms with Crippen molar-refractivity contribution in [1.82, 2.24) is 19.7 Å². The van der Waals surface area contributed by atoms with Crippen LogP contribution in [0.4, 0.5) is 5.82 Å². The molecule has 3 heterocycles. The van der Waals surface area contributed by atoms with Crippen LogP contribution in [0, 0.1) is 0 Å². The second-order valence-electron chi connectivity index (χ2n) is 5.64. The molecule has 1 atom stereocenters. The summed E-state index contributed by atoms with van der Waals surface area (Å²) in [6.07, 6.45) is 9.03. The van der Waals surface area contributed by atoms with Gasteiger partial charge in [0.05, 0.1) is 19.3 Å². The van der Waals surface area contributed by atoms with Crippen LogP contribution in [0.3, 0.4) is 0 Å². The van der Waals surface area contributed by atoms with Gasteiger partial charge in [-0.3, -0.25) is 4.68 Å². The molecule has 0 aromatic carbocycles. The first kappa shape index (κ1) is 12.8. The van der Waals surface area contributed by atoms with Crippen LogP contribution in [-0.2, 0) is 24.1 Å². The molecule has 0 amide bonds. The minimum atomic E-state index is 0.158. The Morgan fingerprint density at radius 3 is 3.19 bits per heavy atom. The predicted molar refractivity (Wildman–Crippen MR) is 78.2 cm³/mol. The summed E-state index contributed by atoms with van der Waals surface area (Å²) in [5.41, 5.74) is 2.58. The van der Waals surface area contributed by atoms with E-state index >= 15 is 0 Å². The Morgan fingerprint density at radius 1 is 1.29 bits per heavy atom. The number of aromatic nitrogens is 4. The lowest BCUT2D eigenvalue weighted by Crippen LogP contribution is -2.45. The molecule has 21 heavy (non-hydrogen) atoms. The maximum Gasteiger partial charge on any atom is 0.135 e. The Kier molecular flexibility index (Phi) is 3.31. The molecule has 6 heteroatoms. The van der Waals surface area contributed by atoms with E-state index in [-0.39, 0.29) is 6.10 Å². The molecule has 2 aromatic rings. The monoisotopic (exact) mass is 285 g/mol. The fourth-order valence-corrected chi connectivity index (χ4v) is 3.25. The third kappa shape index (κ3) is 2.51. The molecule has 6 nitrogen and oxygen atoms in total. The molecule has 0 N–H and O–H groups in total. The van der Waals surface area contributed by atoms with Gasteiger partial charge in [-0.25, -0.2) is 9.97 Å². The maximum atomic E-state index is 5.88. The molecule has 0 spiro atoms. The van der Waals surface area contributed by atoms with Crippen molar-refractivity contribution in [2.45, 2.75) is 31.9 Å². The number of aryl methyl sites for hydroxylation is 1. The van der Waals surface area contributed by atoms with Crippen LogP contribution < -0.4 is 4.90 Å². The Labute approximate surface area is 123 Å². The van der Waals surface area contributed by atoms with E-state index in [4.69, 9.17) is 4.74 Å². The second kappa shape index (κ2) is 5.44. The summed E-state index contributed by atoms with van der Waals surface area (Å²) in [5.74, 6) is 1.12. The summed E-state index contributed by atoms with van der Waals surface area (Å²) in [5, 5.41) is 4.26. The van der Waals surface area contributed by atoms with Crippen molar-refractivity contribution in [2.75, 3.05) is 24.6 Å². The van der Waals surface area contributed by atoms with Crippen molar-refractivity contribution in [3.8, 4) is 0 Å². The lowest BCUT2D eigenvalue weighted by atomic mass is 10.2. The second-order valence-corrected chi connectivity index (χ2v) is 5.64. The average molecular weight is 285 g/mol. The van der Waals surface area contributed by atoms with E-state index in [1.807, 2.05) is 16.9 Å². The molecule has 4 rings (SSSR count). The Balaban J connectivity index is 1.52. The normalized spacial score (nSPS) is 21.5. The van der Waals surface area contributed by atoms with Crippen molar-refractivity contribution in [2.24, 2.45) is 0 Å². The smallest absolute Gasteiger partial charge is 0.135 e. The average Bonchev–Trinajstić information content (AvgIpc) is 3.18. The predicted octanol–water partition coefficient (Wildman–Crippen LogP) is 1.07. The van der Waals surface area contributed by atoms with Crippen LogP contribution in [0.25, 0.3) is 0 Å². The van der Waals surface area contributed by atoms with Crippen molar-refractivity contribution in [3.63, 3.8) is 0 Å². The van der Waals surface area contributed by atoms with Gasteiger partial charge in [0.1, 0.15) is 12.1 Å². The highest BCUT2D eigenvalue weighted by Gasteiger charge is 2.26. The largest absolute Gasteiger partial charge is 0.373 e. The molecule has 1 fully saturated rings. The number of ether oxygens (including phenoxy) is 1. The van der Waals surface area contributed by atoms with Crippen molar-refractivity contribution < 1.29 is 4.74 Å². The van der Waals surface area contributed by atoms with Crippen LogP contribution in [0.2, 0.25) is 0 Å². The summed E-state index contributed by atoms with van der Waals surface area (Å²) in [4.78, 5) is 11.3. The summed E-state index contributed by atoms with van der Waals surface area (Å²) in [7, 11) is 0. The molecule has 2 aromatic heterocycles. The number of hydrogen-bond donors (Lipinski definition) is 0. The van der Waals surface area contributed by atoms with Crippen molar-refractivity contribution in [1.29, 1.82) is 0 Å². The van der Waals surface area contributed by atoms with Gasteiger partial charge in [-0.2, -0.15) is 5.10 Å². The summed E-state index contributed by atoms with van der Waals surface area (Å²) in [6, 6.07) is 1.94. The van der Waals surface area contributed by atoms with E-state index in [0.29, 0.717) is 0 Å². The topological polar surface area (TPSA) is 56.1 Å². The number of anilines is 1.